The number of nitrogens with zero attached hydrogens (tertiary/aromatic N) is 2. The van der Waals surface area contributed by atoms with Crippen molar-refractivity contribution in [1.82, 2.24) is 9.97 Å². The second kappa shape index (κ2) is 6.77. The Hall–Kier alpha value is -1.05. The summed E-state index contributed by atoms with van der Waals surface area (Å²) >= 11 is 1.44. The van der Waals surface area contributed by atoms with E-state index < -0.39 is 0 Å². The quantitative estimate of drug-likeness (QED) is 0.362. The largest absolute Gasteiger partial charge is 0.475 e. The van der Waals surface area contributed by atoms with Crippen LogP contribution >= 0.6 is 11.8 Å². The summed E-state index contributed by atoms with van der Waals surface area (Å²) in [5.41, 5.74) is 2.50. The zero-order valence-electron chi connectivity index (χ0n) is 10.4. The third-order valence-corrected chi connectivity index (χ3v) is 3.25. The number of aromatic nitrogens is 2. The molecule has 1 atom stereocenters. The van der Waals surface area contributed by atoms with Gasteiger partial charge in [0.25, 0.3) is 0 Å². The Balaban J connectivity index is 1.94. The number of rotatable bonds is 5. The number of nitrogen functional groups attached to an aromatic ring is 1. The van der Waals surface area contributed by atoms with Gasteiger partial charge in [-0.25, -0.2) is 10.8 Å². The maximum Gasteiger partial charge on any atom is 0.219 e. The van der Waals surface area contributed by atoms with Crippen molar-refractivity contribution in [3.8, 4) is 5.88 Å². The molecule has 0 radical (unpaired) electrons. The lowest BCUT2D eigenvalue weighted by molar-refractivity contribution is -0.0120. The Bertz CT molecular complexity index is 363. The third kappa shape index (κ3) is 3.72. The molecular formula is C11H18N4O2S. The van der Waals surface area contributed by atoms with Crippen LogP contribution in [0.4, 0.5) is 5.82 Å². The molecular weight excluding hydrogens is 252 g/mol. The van der Waals surface area contributed by atoms with E-state index in [2.05, 4.69) is 15.4 Å². The van der Waals surface area contributed by atoms with Gasteiger partial charge >= 0.3 is 0 Å². The van der Waals surface area contributed by atoms with E-state index in [1.54, 1.807) is 6.07 Å². The van der Waals surface area contributed by atoms with Gasteiger partial charge in [0.2, 0.25) is 5.88 Å². The van der Waals surface area contributed by atoms with Crippen LogP contribution in [0.3, 0.4) is 0 Å². The predicted octanol–water partition coefficient (Wildman–Crippen LogP) is 1.43. The zero-order valence-corrected chi connectivity index (χ0v) is 11.2. The van der Waals surface area contributed by atoms with E-state index in [-0.39, 0.29) is 6.10 Å². The van der Waals surface area contributed by atoms with Crippen molar-refractivity contribution < 1.29 is 9.47 Å². The summed E-state index contributed by atoms with van der Waals surface area (Å²) in [7, 11) is 0. The van der Waals surface area contributed by atoms with Crippen molar-refractivity contribution >= 4 is 17.6 Å². The number of ether oxygens (including phenoxy) is 2. The number of anilines is 1. The van der Waals surface area contributed by atoms with Crippen molar-refractivity contribution in [2.24, 2.45) is 5.84 Å². The van der Waals surface area contributed by atoms with Gasteiger partial charge in [0.1, 0.15) is 12.4 Å². The van der Waals surface area contributed by atoms with Gasteiger partial charge in [0.05, 0.1) is 6.10 Å². The smallest absolute Gasteiger partial charge is 0.219 e. The van der Waals surface area contributed by atoms with Crippen LogP contribution < -0.4 is 16.0 Å². The van der Waals surface area contributed by atoms with Gasteiger partial charge < -0.3 is 14.9 Å². The van der Waals surface area contributed by atoms with E-state index in [9.17, 15) is 0 Å². The first-order valence-corrected chi connectivity index (χ1v) is 7.18. The SMILES string of the molecule is CSc1nc(NN)cc(OCC2CCCCO2)n1. The molecule has 1 aromatic heterocycles. The lowest BCUT2D eigenvalue weighted by Crippen LogP contribution is -2.26. The molecule has 1 fully saturated rings. The van der Waals surface area contributed by atoms with Gasteiger partial charge in [0, 0.05) is 12.7 Å². The summed E-state index contributed by atoms with van der Waals surface area (Å²) in [6.45, 7) is 1.35. The summed E-state index contributed by atoms with van der Waals surface area (Å²) in [5, 5.41) is 0.630. The van der Waals surface area contributed by atoms with Gasteiger partial charge in [-0.1, -0.05) is 11.8 Å². The van der Waals surface area contributed by atoms with Crippen LogP contribution in [0.15, 0.2) is 11.2 Å². The topological polar surface area (TPSA) is 82.3 Å². The molecule has 0 amide bonds. The lowest BCUT2D eigenvalue weighted by atomic mass is 10.1. The van der Waals surface area contributed by atoms with Crippen LogP contribution in [0.5, 0.6) is 5.88 Å². The molecule has 0 aliphatic carbocycles. The fourth-order valence-electron chi connectivity index (χ4n) is 1.76. The molecule has 0 aromatic carbocycles. The van der Waals surface area contributed by atoms with Crippen LogP contribution in [-0.4, -0.2) is 35.5 Å². The summed E-state index contributed by atoms with van der Waals surface area (Å²) in [4.78, 5) is 8.43. The number of hydrazine groups is 1. The number of nitrogens with one attached hydrogen (secondary N) is 1. The first-order valence-electron chi connectivity index (χ1n) is 5.96. The molecule has 7 heteroatoms. The zero-order chi connectivity index (χ0) is 12.8. The summed E-state index contributed by atoms with van der Waals surface area (Å²) in [6, 6.07) is 1.68. The minimum Gasteiger partial charge on any atom is -0.475 e. The van der Waals surface area contributed by atoms with E-state index in [0.29, 0.717) is 23.5 Å². The monoisotopic (exact) mass is 270 g/mol. The molecule has 1 saturated heterocycles. The Morgan fingerprint density at radius 3 is 3.11 bits per heavy atom. The molecule has 1 unspecified atom stereocenters. The number of hydrogen-bond acceptors (Lipinski definition) is 7. The van der Waals surface area contributed by atoms with E-state index in [1.807, 2.05) is 6.26 Å². The van der Waals surface area contributed by atoms with Crippen LogP contribution in [0.25, 0.3) is 0 Å². The number of thioether (sulfide) groups is 1. The van der Waals surface area contributed by atoms with Gasteiger partial charge in [-0.2, -0.15) is 4.98 Å². The Morgan fingerprint density at radius 2 is 2.44 bits per heavy atom. The third-order valence-electron chi connectivity index (χ3n) is 2.70. The number of hydrogen-bond donors (Lipinski definition) is 2. The average molecular weight is 270 g/mol. The average Bonchev–Trinajstić information content (AvgIpc) is 2.45. The van der Waals surface area contributed by atoms with E-state index >= 15 is 0 Å². The maximum absolute atomic E-state index is 5.65. The van der Waals surface area contributed by atoms with Gasteiger partial charge in [-0.3, -0.25) is 0 Å². The normalized spacial score (nSPS) is 19.6. The van der Waals surface area contributed by atoms with Crippen molar-refractivity contribution in [2.75, 3.05) is 24.9 Å². The van der Waals surface area contributed by atoms with Gasteiger partial charge in [-0.05, 0) is 25.5 Å². The van der Waals surface area contributed by atoms with Gasteiger partial charge in [-0.15, -0.1) is 0 Å². The number of nitrogens with two attached hydrogens (primary N) is 1. The first-order chi connectivity index (χ1) is 8.81. The molecule has 0 bridgehead atoms. The van der Waals surface area contributed by atoms with Crippen LogP contribution in [0.1, 0.15) is 19.3 Å². The minimum absolute atomic E-state index is 0.167. The standard InChI is InChI=1S/C11H18N4O2S/c1-18-11-13-9(15-12)6-10(14-11)17-7-8-4-2-3-5-16-8/h6,8H,2-5,7,12H2,1H3,(H,13,14,15). The summed E-state index contributed by atoms with van der Waals surface area (Å²) < 4.78 is 11.2. The Labute approximate surface area is 111 Å². The van der Waals surface area contributed by atoms with Crippen LogP contribution in [-0.2, 0) is 4.74 Å². The maximum atomic E-state index is 5.65. The lowest BCUT2D eigenvalue weighted by Gasteiger charge is -2.22. The summed E-state index contributed by atoms with van der Waals surface area (Å²) in [5.74, 6) is 6.43. The van der Waals surface area contributed by atoms with Crippen molar-refractivity contribution in [2.45, 2.75) is 30.5 Å². The molecule has 6 nitrogen and oxygen atoms in total. The predicted molar refractivity (Wildman–Crippen MR) is 70.7 cm³/mol. The highest BCUT2D eigenvalue weighted by Gasteiger charge is 2.15. The highest BCUT2D eigenvalue weighted by Crippen LogP contribution is 2.19. The molecule has 0 spiro atoms. The molecule has 100 valence electrons. The van der Waals surface area contributed by atoms with E-state index in [1.165, 1.54) is 18.2 Å². The molecule has 1 aliphatic rings. The molecule has 1 aromatic rings. The molecule has 1 aliphatic heterocycles. The Kier molecular flexibility index (Phi) is 5.03. The summed E-state index contributed by atoms with van der Waals surface area (Å²) in [6.07, 6.45) is 5.46. The Morgan fingerprint density at radius 1 is 1.56 bits per heavy atom. The fraction of sp³-hybridized carbons (Fsp3) is 0.636. The molecule has 3 N–H and O–H groups in total. The highest BCUT2D eigenvalue weighted by molar-refractivity contribution is 7.98. The van der Waals surface area contributed by atoms with Crippen molar-refractivity contribution in [3.05, 3.63) is 6.07 Å². The first kappa shape index (κ1) is 13.4. The molecule has 0 saturated carbocycles. The molecule has 2 rings (SSSR count). The second-order valence-electron chi connectivity index (χ2n) is 4.02. The van der Waals surface area contributed by atoms with E-state index in [0.717, 1.165) is 19.4 Å². The van der Waals surface area contributed by atoms with Gasteiger partial charge in [0.15, 0.2) is 5.16 Å². The van der Waals surface area contributed by atoms with Crippen molar-refractivity contribution in [3.63, 3.8) is 0 Å². The fourth-order valence-corrected chi connectivity index (χ4v) is 2.13. The molecule has 18 heavy (non-hydrogen) atoms. The van der Waals surface area contributed by atoms with Crippen LogP contribution in [0, 0.1) is 0 Å². The van der Waals surface area contributed by atoms with E-state index in [4.69, 9.17) is 15.3 Å². The second-order valence-corrected chi connectivity index (χ2v) is 4.80. The molecule has 2 heterocycles. The van der Waals surface area contributed by atoms with Crippen LogP contribution in [0.2, 0.25) is 0 Å². The van der Waals surface area contributed by atoms with Crippen molar-refractivity contribution in [1.29, 1.82) is 0 Å². The minimum atomic E-state index is 0.167. The highest BCUT2D eigenvalue weighted by atomic mass is 32.2.